The Bertz CT molecular complexity index is 485. The molecule has 3 nitrogen and oxygen atoms in total. The minimum atomic E-state index is -1.55. The molecule has 0 aliphatic carbocycles. The Kier molecular flexibility index (Phi) is 4.87. The molecule has 0 aromatic heterocycles. The van der Waals surface area contributed by atoms with E-state index in [0.717, 1.165) is 0 Å². The van der Waals surface area contributed by atoms with Crippen LogP contribution >= 0.6 is 0 Å². The number of carbonyl (C=O) groups is 1. The zero-order valence-electron chi connectivity index (χ0n) is 13.0. The fraction of sp³-hybridized carbons (Fsp3) is 0.688. The predicted octanol–water partition coefficient (Wildman–Crippen LogP) is 2.01. The van der Waals surface area contributed by atoms with Gasteiger partial charge in [-0.2, -0.15) is 0 Å². The maximum absolute atomic E-state index is 11.8. The second-order valence-electron chi connectivity index (χ2n) is 7.14. The Morgan fingerprint density at radius 2 is 2.05 bits per heavy atom. The van der Waals surface area contributed by atoms with Gasteiger partial charge in [-0.1, -0.05) is 39.4 Å². The SMILES string of the molecule is C#C[C@@]1(CCC(=O)C#C[Si](C)(C)C)OCC(C)(C)[C@H]1O. The van der Waals surface area contributed by atoms with Crippen molar-refractivity contribution in [2.45, 2.75) is 58.0 Å². The number of hydrogen-bond acceptors (Lipinski definition) is 3. The maximum atomic E-state index is 11.8. The molecule has 1 fully saturated rings. The van der Waals surface area contributed by atoms with E-state index in [1.54, 1.807) is 0 Å². The number of carbonyl (C=O) groups excluding carboxylic acids is 1. The zero-order valence-corrected chi connectivity index (χ0v) is 14.0. The highest BCUT2D eigenvalue weighted by Crippen LogP contribution is 2.41. The number of hydrogen-bond donors (Lipinski definition) is 1. The van der Waals surface area contributed by atoms with Crippen LogP contribution in [0.4, 0.5) is 0 Å². The van der Waals surface area contributed by atoms with Gasteiger partial charge in [0.1, 0.15) is 14.2 Å². The molecule has 1 heterocycles. The standard InChI is InChI=1S/C16H24O3Si/c1-7-16(14(18)15(2,3)12-19-16)10-8-13(17)9-11-20(4,5)6/h1,14,18H,8,10,12H2,2-6H3/t14-,16+/m1/s1. The molecule has 1 rings (SSSR count). The summed E-state index contributed by atoms with van der Waals surface area (Å²) in [5.41, 5.74) is 1.59. The van der Waals surface area contributed by atoms with Gasteiger partial charge in [-0.25, -0.2) is 0 Å². The highest BCUT2D eigenvalue weighted by Gasteiger charge is 2.52. The molecule has 0 saturated carbocycles. The number of Topliss-reactive ketones (excluding diaryl/α,β-unsaturated/α-hetero) is 1. The Balaban J connectivity index is 2.71. The summed E-state index contributed by atoms with van der Waals surface area (Å²) in [5.74, 6) is 5.10. The second kappa shape index (κ2) is 5.74. The lowest BCUT2D eigenvalue weighted by Gasteiger charge is -2.29. The Morgan fingerprint density at radius 3 is 2.45 bits per heavy atom. The van der Waals surface area contributed by atoms with Gasteiger partial charge < -0.3 is 9.84 Å². The molecular formula is C16H24O3Si. The monoisotopic (exact) mass is 292 g/mol. The Morgan fingerprint density at radius 1 is 1.45 bits per heavy atom. The number of aliphatic hydroxyl groups excluding tert-OH is 1. The average Bonchev–Trinajstić information content (AvgIpc) is 2.57. The first-order valence-corrected chi connectivity index (χ1v) is 10.4. The molecule has 4 heteroatoms. The summed E-state index contributed by atoms with van der Waals surface area (Å²) < 4.78 is 5.64. The minimum absolute atomic E-state index is 0.137. The highest BCUT2D eigenvalue weighted by molar-refractivity contribution is 6.84. The largest absolute Gasteiger partial charge is 0.388 e. The molecule has 110 valence electrons. The van der Waals surface area contributed by atoms with Crippen LogP contribution in [0.5, 0.6) is 0 Å². The fourth-order valence-electron chi connectivity index (χ4n) is 2.12. The first kappa shape index (κ1) is 17.0. The van der Waals surface area contributed by atoms with Crippen molar-refractivity contribution in [1.82, 2.24) is 0 Å². The van der Waals surface area contributed by atoms with Crippen LogP contribution in [0.3, 0.4) is 0 Å². The molecule has 0 aromatic carbocycles. The fourth-order valence-corrected chi connectivity index (χ4v) is 2.64. The topological polar surface area (TPSA) is 46.5 Å². The second-order valence-corrected chi connectivity index (χ2v) is 11.9. The summed E-state index contributed by atoms with van der Waals surface area (Å²) in [5, 5.41) is 10.3. The summed E-state index contributed by atoms with van der Waals surface area (Å²) in [4.78, 5) is 11.8. The van der Waals surface area contributed by atoms with Gasteiger partial charge in [-0.15, -0.1) is 12.0 Å². The van der Waals surface area contributed by atoms with Gasteiger partial charge in [-0.05, 0) is 12.3 Å². The number of aliphatic hydroxyl groups is 1. The molecule has 0 spiro atoms. The summed E-state index contributed by atoms with van der Waals surface area (Å²) in [6.45, 7) is 10.5. The van der Waals surface area contributed by atoms with Crippen molar-refractivity contribution < 1.29 is 14.6 Å². The molecule has 1 N–H and O–H groups in total. The third-order valence-electron chi connectivity index (χ3n) is 3.43. The van der Waals surface area contributed by atoms with Crippen molar-refractivity contribution in [2.75, 3.05) is 6.61 Å². The van der Waals surface area contributed by atoms with E-state index in [9.17, 15) is 9.90 Å². The van der Waals surface area contributed by atoms with E-state index < -0.39 is 19.8 Å². The lowest BCUT2D eigenvalue weighted by atomic mass is 9.79. The number of rotatable bonds is 3. The van der Waals surface area contributed by atoms with Gasteiger partial charge in [0.05, 0.1) is 6.61 Å². The summed E-state index contributed by atoms with van der Waals surface area (Å²) >= 11 is 0. The predicted molar refractivity (Wildman–Crippen MR) is 82.7 cm³/mol. The molecule has 1 aliphatic rings. The first-order chi connectivity index (χ1) is 9.02. The molecular weight excluding hydrogens is 268 g/mol. The van der Waals surface area contributed by atoms with E-state index in [-0.39, 0.29) is 17.6 Å². The van der Waals surface area contributed by atoms with Gasteiger partial charge in [0.15, 0.2) is 5.60 Å². The molecule has 0 amide bonds. The van der Waals surface area contributed by atoms with Gasteiger partial charge in [0.2, 0.25) is 5.78 Å². The van der Waals surface area contributed by atoms with Gasteiger partial charge in [0.25, 0.3) is 0 Å². The molecule has 2 atom stereocenters. The highest BCUT2D eigenvalue weighted by atomic mass is 28.3. The molecule has 0 radical (unpaired) electrons. The van der Waals surface area contributed by atoms with E-state index in [4.69, 9.17) is 11.2 Å². The van der Waals surface area contributed by atoms with Gasteiger partial charge >= 0.3 is 0 Å². The van der Waals surface area contributed by atoms with Gasteiger partial charge in [-0.3, -0.25) is 4.79 Å². The van der Waals surface area contributed by atoms with E-state index in [2.05, 4.69) is 37.0 Å². The van der Waals surface area contributed by atoms with Crippen molar-refractivity contribution in [1.29, 1.82) is 0 Å². The average molecular weight is 292 g/mol. The van der Waals surface area contributed by atoms with E-state index in [0.29, 0.717) is 13.0 Å². The van der Waals surface area contributed by atoms with Crippen LogP contribution in [0.1, 0.15) is 26.7 Å². The number of ether oxygens (including phenoxy) is 1. The summed E-state index contributed by atoms with van der Waals surface area (Å²) in [7, 11) is -1.55. The lowest BCUT2D eigenvalue weighted by molar-refractivity contribution is -0.115. The van der Waals surface area contributed by atoms with E-state index in [1.165, 1.54) is 0 Å². The molecule has 1 saturated heterocycles. The van der Waals surface area contributed by atoms with Crippen molar-refractivity contribution in [3.63, 3.8) is 0 Å². The minimum Gasteiger partial charge on any atom is -0.388 e. The smallest absolute Gasteiger partial charge is 0.205 e. The third-order valence-corrected chi connectivity index (χ3v) is 4.30. The first-order valence-electron chi connectivity index (χ1n) is 6.88. The van der Waals surface area contributed by atoms with Crippen molar-refractivity contribution >= 4 is 13.9 Å². The molecule has 20 heavy (non-hydrogen) atoms. The van der Waals surface area contributed by atoms with Crippen LogP contribution in [0.15, 0.2) is 0 Å². The lowest BCUT2D eigenvalue weighted by Crippen LogP contribution is -2.43. The summed E-state index contributed by atoms with van der Waals surface area (Å²) in [6.07, 6.45) is 5.30. The normalized spacial score (nSPS) is 28.4. The van der Waals surface area contributed by atoms with E-state index in [1.807, 2.05) is 13.8 Å². The molecule has 0 bridgehead atoms. The van der Waals surface area contributed by atoms with Crippen molar-refractivity contribution in [2.24, 2.45) is 5.41 Å². The number of terminal acetylenes is 1. The van der Waals surface area contributed by atoms with E-state index >= 15 is 0 Å². The maximum Gasteiger partial charge on any atom is 0.205 e. The van der Waals surface area contributed by atoms with Crippen LogP contribution in [0, 0.1) is 29.2 Å². The number of ketones is 1. The van der Waals surface area contributed by atoms with Crippen molar-refractivity contribution in [3.05, 3.63) is 0 Å². The van der Waals surface area contributed by atoms with Crippen LogP contribution in [0.2, 0.25) is 19.6 Å². The molecule has 0 aromatic rings. The van der Waals surface area contributed by atoms with Crippen LogP contribution in [-0.4, -0.2) is 37.3 Å². The van der Waals surface area contributed by atoms with Crippen molar-refractivity contribution in [3.8, 4) is 23.8 Å². The summed E-state index contributed by atoms with van der Waals surface area (Å²) in [6, 6.07) is 0. The molecule has 1 aliphatic heterocycles. The quantitative estimate of drug-likeness (QED) is 0.639. The van der Waals surface area contributed by atoms with Crippen LogP contribution in [-0.2, 0) is 9.53 Å². The zero-order chi connectivity index (χ0) is 15.6. The van der Waals surface area contributed by atoms with Crippen LogP contribution < -0.4 is 0 Å². The Hall–Kier alpha value is -1.07. The Labute approximate surface area is 123 Å². The third kappa shape index (κ3) is 3.96. The van der Waals surface area contributed by atoms with Crippen LogP contribution in [0.25, 0.3) is 0 Å². The van der Waals surface area contributed by atoms with Gasteiger partial charge in [0, 0.05) is 11.8 Å². The molecule has 0 unspecified atom stereocenters.